The Morgan fingerprint density at radius 3 is 1.55 bits per heavy atom. The van der Waals surface area contributed by atoms with Crippen LogP contribution in [0.5, 0.6) is 0 Å². The van der Waals surface area contributed by atoms with Crippen molar-refractivity contribution >= 4 is 35.5 Å². The van der Waals surface area contributed by atoms with Gasteiger partial charge in [0.1, 0.15) is 12.1 Å². The molecule has 130 valence electrons. The summed E-state index contributed by atoms with van der Waals surface area (Å²) in [5.41, 5.74) is 11.4. The Morgan fingerprint density at radius 2 is 1.23 bits per heavy atom. The number of carbonyl (C=O) groups excluding carboxylic acids is 2. The van der Waals surface area contributed by atoms with Crippen LogP contribution in [0.1, 0.15) is 25.7 Å². The average molecular weight is 353 g/mol. The number of rotatable bonds is 13. The van der Waals surface area contributed by atoms with E-state index in [-0.39, 0.29) is 11.9 Å². The predicted octanol–water partition coefficient (Wildman–Crippen LogP) is 1.01. The van der Waals surface area contributed by atoms with Crippen molar-refractivity contribution in [2.24, 2.45) is 11.5 Å². The summed E-state index contributed by atoms with van der Waals surface area (Å²) in [6.07, 6.45) is 6.43. The Bertz CT molecular complexity index is 289. The van der Waals surface area contributed by atoms with E-state index >= 15 is 0 Å². The zero-order valence-corrected chi connectivity index (χ0v) is 15.0. The van der Waals surface area contributed by atoms with E-state index in [0.29, 0.717) is 38.9 Å². The van der Waals surface area contributed by atoms with Gasteiger partial charge in [0.15, 0.2) is 0 Å². The number of carbonyl (C=O) groups is 2. The van der Waals surface area contributed by atoms with Gasteiger partial charge in [-0.25, -0.2) is 0 Å². The van der Waals surface area contributed by atoms with Crippen molar-refractivity contribution in [2.75, 3.05) is 37.2 Å². The van der Waals surface area contributed by atoms with E-state index in [9.17, 15) is 9.59 Å². The van der Waals surface area contributed by atoms with Crippen LogP contribution >= 0.6 is 23.5 Å². The van der Waals surface area contributed by atoms with Gasteiger partial charge < -0.3 is 20.9 Å². The first-order valence-corrected chi connectivity index (χ1v) is 10.1. The van der Waals surface area contributed by atoms with Gasteiger partial charge in [0.05, 0.1) is 13.2 Å². The molecule has 0 saturated carbocycles. The van der Waals surface area contributed by atoms with Crippen molar-refractivity contribution in [1.82, 2.24) is 0 Å². The number of hydrogen-bond donors (Lipinski definition) is 2. The van der Waals surface area contributed by atoms with Crippen LogP contribution < -0.4 is 11.5 Å². The highest BCUT2D eigenvalue weighted by atomic mass is 32.2. The minimum Gasteiger partial charge on any atom is -0.465 e. The quantitative estimate of drug-likeness (QED) is 0.374. The van der Waals surface area contributed by atoms with Crippen LogP contribution in [-0.2, 0) is 19.1 Å². The highest BCUT2D eigenvalue weighted by Crippen LogP contribution is 2.03. The first-order valence-electron chi connectivity index (χ1n) is 7.35. The lowest BCUT2D eigenvalue weighted by Gasteiger charge is -2.12. The average Bonchev–Trinajstić information content (AvgIpc) is 2.52. The normalized spacial score (nSPS) is 13.5. The van der Waals surface area contributed by atoms with E-state index in [1.807, 2.05) is 12.5 Å². The Morgan fingerprint density at radius 1 is 0.864 bits per heavy atom. The van der Waals surface area contributed by atoms with E-state index in [4.69, 9.17) is 20.9 Å². The zero-order valence-electron chi connectivity index (χ0n) is 13.4. The summed E-state index contributed by atoms with van der Waals surface area (Å²) in [5, 5.41) is 0. The molecule has 0 fully saturated rings. The van der Waals surface area contributed by atoms with Gasteiger partial charge in [0.25, 0.3) is 0 Å². The minimum atomic E-state index is -0.556. The molecule has 0 spiro atoms. The van der Waals surface area contributed by atoms with E-state index in [1.54, 1.807) is 23.5 Å². The molecule has 0 aromatic rings. The standard InChI is InChI=1S/C14H28N2O4S2/c1-21-9-5-11(15)13(17)19-7-3-4-8-20-14(18)12(16)6-10-22-2/h11-12H,3-10,15-16H2,1-2H3/t11-,12-/m0/s1. The van der Waals surface area contributed by atoms with Gasteiger partial charge in [-0.3, -0.25) is 9.59 Å². The van der Waals surface area contributed by atoms with Crippen LogP contribution in [-0.4, -0.2) is 61.3 Å². The Hall–Kier alpha value is -0.440. The van der Waals surface area contributed by atoms with Crippen molar-refractivity contribution in [3.05, 3.63) is 0 Å². The van der Waals surface area contributed by atoms with Crippen LogP contribution in [0.15, 0.2) is 0 Å². The Labute approximate surface area is 141 Å². The Kier molecular flexibility index (Phi) is 13.9. The molecule has 4 N–H and O–H groups in total. The molecule has 8 heteroatoms. The molecule has 0 radical (unpaired) electrons. The molecule has 0 aliphatic rings. The van der Waals surface area contributed by atoms with Gasteiger partial charge in [-0.15, -0.1) is 0 Å². The second-order valence-electron chi connectivity index (χ2n) is 4.82. The third-order valence-electron chi connectivity index (χ3n) is 2.90. The van der Waals surface area contributed by atoms with Gasteiger partial charge in [-0.2, -0.15) is 23.5 Å². The molecule has 0 rings (SSSR count). The summed E-state index contributed by atoms with van der Waals surface area (Å²) in [6, 6.07) is -1.11. The van der Waals surface area contributed by atoms with Crippen LogP contribution in [0.3, 0.4) is 0 Å². The van der Waals surface area contributed by atoms with E-state index < -0.39 is 12.1 Å². The maximum atomic E-state index is 11.5. The van der Waals surface area contributed by atoms with Gasteiger partial charge in [-0.1, -0.05) is 0 Å². The van der Waals surface area contributed by atoms with Gasteiger partial charge in [-0.05, 0) is 49.7 Å². The lowest BCUT2D eigenvalue weighted by atomic mass is 10.2. The first kappa shape index (κ1) is 21.6. The number of unbranched alkanes of at least 4 members (excludes halogenated alkanes) is 1. The van der Waals surface area contributed by atoms with E-state index in [1.165, 1.54) is 0 Å². The van der Waals surface area contributed by atoms with E-state index in [0.717, 1.165) is 11.5 Å². The summed E-state index contributed by atoms with van der Waals surface area (Å²) >= 11 is 3.29. The molecule has 2 atom stereocenters. The van der Waals surface area contributed by atoms with Gasteiger partial charge >= 0.3 is 11.9 Å². The number of nitrogens with two attached hydrogens (primary N) is 2. The number of ether oxygens (including phenoxy) is 2. The fraction of sp³-hybridized carbons (Fsp3) is 0.857. The summed E-state index contributed by atoms with van der Waals surface area (Å²) in [4.78, 5) is 23.0. The lowest BCUT2D eigenvalue weighted by Crippen LogP contribution is -2.33. The van der Waals surface area contributed by atoms with Gasteiger partial charge in [0.2, 0.25) is 0 Å². The van der Waals surface area contributed by atoms with Crippen molar-refractivity contribution in [3.63, 3.8) is 0 Å². The highest BCUT2D eigenvalue weighted by molar-refractivity contribution is 7.98. The molecule has 0 aromatic carbocycles. The second kappa shape index (κ2) is 14.2. The van der Waals surface area contributed by atoms with Crippen LogP contribution in [0.2, 0.25) is 0 Å². The molecule has 0 heterocycles. The summed E-state index contributed by atoms with van der Waals surface area (Å²) in [7, 11) is 0. The molecule has 0 aliphatic heterocycles. The van der Waals surface area contributed by atoms with Crippen molar-refractivity contribution in [1.29, 1.82) is 0 Å². The van der Waals surface area contributed by atoms with Crippen LogP contribution in [0.25, 0.3) is 0 Å². The molecule has 6 nitrogen and oxygen atoms in total. The number of hydrogen-bond acceptors (Lipinski definition) is 8. The summed E-state index contributed by atoms with van der Waals surface area (Å²) < 4.78 is 10.1. The Balaban J connectivity index is 3.57. The molecule has 0 unspecified atom stereocenters. The number of esters is 2. The number of thioether (sulfide) groups is 2. The van der Waals surface area contributed by atoms with Gasteiger partial charge in [0, 0.05) is 0 Å². The molecular weight excluding hydrogens is 324 g/mol. The SMILES string of the molecule is CSCC[C@H](N)C(=O)OCCCCOC(=O)[C@@H](N)CCSC. The maximum Gasteiger partial charge on any atom is 0.322 e. The minimum absolute atomic E-state index is 0.294. The molecule has 0 bridgehead atoms. The van der Waals surface area contributed by atoms with Crippen LogP contribution in [0, 0.1) is 0 Å². The predicted molar refractivity (Wildman–Crippen MR) is 93.1 cm³/mol. The third-order valence-corrected chi connectivity index (χ3v) is 4.19. The van der Waals surface area contributed by atoms with Crippen molar-refractivity contribution in [2.45, 2.75) is 37.8 Å². The summed E-state index contributed by atoms with van der Waals surface area (Å²) in [5.74, 6) is 0.932. The molecule has 0 saturated heterocycles. The monoisotopic (exact) mass is 352 g/mol. The van der Waals surface area contributed by atoms with Crippen molar-refractivity contribution < 1.29 is 19.1 Å². The summed E-state index contributed by atoms with van der Waals surface area (Å²) in [6.45, 7) is 0.587. The molecule has 0 aliphatic carbocycles. The van der Waals surface area contributed by atoms with E-state index in [2.05, 4.69) is 0 Å². The largest absolute Gasteiger partial charge is 0.465 e. The zero-order chi connectivity index (χ0) is 16.8. The molecular formula is C14H28N2O4S2. The maximum absolute atomic E-state index is 11.5. The smallest absolute Gasteiger partial charge is 0.322 e. The fourth-order valence-corrected chi connectivity index (χ4v) is 2.47. The van der Waals surface area contributed by atoms with Crippen LogP contribution in [0.4, 0.5) is 0 Å². The van der Waals surface area contributed by atoms with Crippen molar-refractivity contribution in [3.8, 4) is 0 Å². The third kappa shape index (κ3) is 11.2. The fourth-order valence-electron chi connectivity index (χ4n) is 1.49. The molecule has 0 amide bonds. The molecule has 0 aromatic heterocycles. The lowest BCUT2D eigenvalue weighted by molar-refractivity contribution is -0.147. The topological polar surface area (TPSA) is 105 Å². The first-order chi connectivity index (χ1) is 10.5. The molecule has 22 heavy (non-hydrogen) atoms. The second-order valence-corrected chi connectivity index (χ2v) is 6.79. The highest BCUT2D eigenvalue weighted by Gasteiger charge is 2.15.